The Morgan fingerprint density at radius 3 is 2.75 bits per heavy atom. The third-order valence-electron chi connectivity index (χ3n) is 2.61. The summed E-state index contributed by atoms with van der Waals surface area (Å²) in [5.41, 5.74) is 4.01. The number of nitrogens with two attached hydrogens (primary N) is 1. The molecule has 0 unspecified atom stereocenters. The lowest BCUT2D eigenvalue weighted by Gasteiger charge is -2.15. The molecule has 0 aromatic carbocycles. The van der Waals surface area contributed by atoms with Gasteiger partial charge in [0, 0.05) is 17.1 Å². The van der Waals surface area contributed by atoms with Gasteiger partial charge in [0.1, 0.15) is 19.0 Å². The van der Waals surface area contributed by atoms with E-state index in [0.29, 0.717) is 17.3 Å². The second-order valence-corrected chi connectivity index (χ2v) is 5.09. The summed E-state index contributed by atoms with van der Waals surface area (Å²) >= 11 is 1.62. The lowest BCUT2D eigenvalue weighted by molar-refractivity contribution is -0.168. The minimum atomic E-state index is -4.18. The van der Waals surface area contributed by atoms with Crippen LogP contribution in [0.1, 0.15) is 17.1 Å². The van der Waals surface area contributed by atoms with E-state index in [1.54, 1.807) is 11.8 Å². The van der Waals surface area contributed by atoms with Crippen LogP contribution in [-0.4, -0.2) is 28.9 Å². The predicted molar refractivity (Wildman–Crippen MR) is 65.4 cm³/mol. The molecule has 1 aliphatic heterocycles. The van der Waals surface area contributed by atoms with Crippen molar-refractivity contribution in [2.75, 3.05) is 12.0 Å². The Kier molecular flexibility index (Phi) is 4.66. The molecule has 0 radical (unpaired) electrons. The number of hydrogen-bond donors (Lipinski definition) is 2. The monoisotopic (exact) mass is 312 g/mol. The summed E-state index contributed by atoms with van der Waals surface area (Å²) < 4.78 is 53.8. The minimum Gasteiger partial charge on any atom is -0.367 e. The molecule has 1 aromatic rings. The van der Waals surface area contributed by atoms with E-state index in [1.165, 1.54) is 0 Å². The Morgan fingerprint density at radius 2 is 2.10 bits per heavy atom. The van der Waals surface area contributed by atoms with Crippen LogP contribution < -0.4 is 11.3 Å². The molecule has 1 aromatic heterocycles. The van der Waals surface area contributed by atoms with Crippen LogP contribution in [0.2, 0.25) is 0 Å². The number of halogens is 4. The fraction of sp³-hybridized carbons (Fsp3) is 0.600. The Morgan fingerprint density at radius 1 is 1.35 bits per heavy atom. The van der Waals surface area contributed by atoms with Crippen LogP contribution in [0.25, 0.3) is 0 Å². The van der Waals surface area contributed by atoms with E-state index in [-0.39, 0.29) is 12.4 Å². The third-order valence-corrected chi connectivity index (χ3v) is 3.58. The summed E-state index contributed by atoms with van der Waals surface area (Å²) in [4.78, 5) is 8.15. The van der Waals surface area contributed by atoms with Crippen molar-refractivity contribution in [3.05, 3.63) is 17.1 Å². The molecule has 0 aliphatic carbocycles. The number of fused-ring (bicyclic) bond motifs is 1. The molecule has 5 nitrogen and oxygen atoms in total. The molecular weight excluding hydrogens is 300 g/mol. The maximum atomic E-state index is 12.7. The first-order valence-corrected chi connectivity index (χ1v) is 6.76. The summed E-state index contributed by atoms with van der Waals surface area (Å²) in [7, 11) is 0. The molecule has 2 rings (SSSR count). The molecule has 0 atom stereocenters. The molecule has 112 valence electrons. The average molecular weight is 312 g/mol. The second kappa shape index (κ2) is 6.10. The molecule has 0 fully saturated rings. The molecule has 1 aliphatic rings. The Hall–Kier alpha value is -1.13. The van der Waals surface area contributed by atoms with Crippen LogP contribution >= 0.6 is 11.8 Å². The minimum absolute atomic E-state index is 0.129. The Bertz CT molecular complexity index is 489. The summed E-state index contributed by atoms with van der Waals surface area (Å²) in [5, 5.41) is 0. The van der Waals surface area contributed by atoms with E-state index >= 15 is 0 Å². The predicted octanol–water partition coefficient (Wildman–Crippen LogP) is 1.93. The first-order chi connectivity index (χ1) is 9.44. The summed E-state index contributed by atoms with van der Waals surface area (Å²) in [6.45, 7) is -1.76. The number of alkyl halides is 4. The molecule has 20 heavy (non-hydrogen) atoms. The number of thioether (sulfide) groups is 1. The molecule has 10 heteroatoms. The highest BCUT2D eigenvalue weighted by molar-refractivity contribution is 7.98. The number of rotatable bonds is 6. The van der Waals surface area contributed by atoms with E-state index in [9.17, 15) is 17.6 Å². The number of hydrogen-bond acceptors (Lipinski definition) is 6. The fourth-order valence-corrected chi connectivity index (χ4v) is 2.67. The van der Waals surface area contributed by atoms with Gasteiger partial charge in [-0.25, -0.2) is 24.6 Å². The van der Waals surface area contributed by atoms with Crippen molar-refractivity contribution < 1.29 is 22.3 Å². The summed E-state index contributed by atoms with van der Waals surface area (Å²) in [6, 6.07) is 0. The van der Waals surface area contributed by atoms with Crippen molar-refractivity contribution in [1.82, 2.24) is 9.97 Å². The number of hydrazine groups is 1. The normalized spacial score (nSPS) is 14.7. The fourth-order valence-electron chi connectivity index (χ4n) is 1.63. The van der Waals surface area contributed by atoms with Crippen LogP contribution in [0.3, 0.4) is 0 Å². The van der Waals surface area contributed by atoms with Crippen molar-refractivity contribution in [2.45, 2.75) is 30.5 Å². The summed E-state index contributed by atoms with van der Waals surface area (Å²) in [6.07, 6.45) is -3.76. The quantitative estimate of drug-likeness (QED) is 0.475. The lowest BCUT2D eigenvalue weighted by atomic mass is 10.2. The van der Waals surface area contributed by atoms with Gasteiger partial charge in [0.2, 0.25) is 0 Å². The van der Waals surface area contributed by atoms with Gasteiger partial charge in [-0.05, 0) is 0 Å². The van der Waals surface area contributed by atoms with Crippen LogP contribution in [0.4, 0.5) is 23.4 Å². The van der Waals surface area contributed by atoms with Gasteiger partial charge in [-0.15, -0.1) is 0 Å². The maximum Gasteiger partial charge on any atom is 0.330 e. The van der Waals surface area contributed by atoms with Crippen molar-refractivity contribution in [3.63, 3.8) is 0 Å². The summed E-state index contributed by atoms with van der Waals surface area (Å²) in [5.74, 6) is 3.04. The highest BCUT2D eigenvalue weighted by Gasteiger charge is 2.41. The van der Waals surface area contributed by atoms with Gasteiger partial charge in [-0.3, -0.25) is 0 Å². The van der Waals surface area contributed by atoms with E-state index in [1.807, 2.05) is 0 Å². The number of nitrogens with zero attached hydrogens (tertiary/aromatic N) is 2. The van der Waals surface area contributed by atoms with Gasteiger partial charge in [0.25, 0.3) is 0 Å². The molecule has 0 amide bonds. The Balaban J connectivity index is 2.01. The van der Waals surface area contributed by atoms with Crippen LogP contribution in [0.15, 0.2) is 0 Å². The number of ether oxygens (including phenoxy) is 1. The molecule has 3 N–H and O–H groups in total. The number of nitrogens with one attached hydrogen (secondary N) is 1. The van der Waals surface area contributed by atoms with Crippen LogP contribution in [-0.2, 0) is 22.8 Å². The average Bonchev–Trinajstić information content (AvgIpc) is 2.85. The van der Waals surface area contributed by atoms with Gasteiger partial charge in [0.05, 0.1) is 5.69 Å². The zero-order valence-electron chi connectivity index (χ0n) is 10.2. The van der Waals surface area contributed by atoms with E-state index < -0.39 is 19.0 Å². The van der Waals surface area contributed by atoms with E-state index in [4.69, 9.17) is 5.84 Å². The zero-order chi connectivity index (χ0) is 14.8. The zero-order valence-corrected chi connectivity index (χ0v) is 11.0. The standard InChI is InChI=1S/C10H12F4N4OS/c11-9(12)10(13,14)4-19-1-7-16-6-3-20-2-5(6)8(17-7)18-15/h9H,1-4,15H2,(H,16,17,18). The van der Waals surface area contributed by atoms with Crippen molar-refractivity contribution in [1.29, 1.82) is 0 Å². The van der Waals surface area contributed by atoms with Crippen LogP contribution in [0.5, 0.6) is 0 Å². The molecule has 2 heterocycles. The molecule has 0 saturated carbocycles. The highest BCUT2D eigenvalue weighted by atomic mass is 32.2. The van der Waals surface area contributed by atoms with Gasteiger partial charge in [-0.2, -0.15) is 20.5 Å². The van der Waals surface area contributed by atoms with E-state index in [2.05, 4.69) is 20.1 Å². The largest absolute Gasteiger partial charge is 0.367 e. The van der Waals surface area contributed by atoms with Gasteiger partial charge >= 0.3 is 12.3 Å². The Labute approximate surface area is 116 Å². The van der Waals surface area contributed by atoms with E-state index in [0.717, 1.165) is 11.3 Å². The van der Waals surface area contributed by atoms with Gasteiger partial charge < -0.3 is 10.2 Å². The molecular formula is C10H12F4N4OS. The van der Waals surface area contributed by atoms with Crippen molar-refractivity contribution in [3.8, 4) is 0 Å². The molecule has 0 spiro atoms. The number of anilines is 1. The van der Waals surface area contributed by atoms with Crippen molar-refractivity contribution >= 4 is 17.6 Å². The molecule has 0 saturated heterocycles. The smallest absolute Gasteiger partial charge is 0.330 e. The first-order valence-electron chi connectivity index (χ1n) is 5.61. The molecule has 0 bridgehead atoms. The highest BCUT2D eigenvalue weighted by Crippen LogP contribution is 2.32. The maximum absolute atomic E-state index is 12.7. The first kappa shape index (κ1) is 15.3. The number of nitrogen functional groups attached to an aromatic ring is 1. The topological polar surface area (TPSA) is 73.1 Å². The third kappa shape index (κ3) is 3.30. The lowest BCUT2D eigenvalue weighted by Crippen LogP contribution is -2.32. The van der Waals surface area contributed by atoms with Crippen LogP contribution in [0, 0.1) is 0 Å². The SMILES string of the molecule is NNc1nc(COCC(F)(F)C(F)F)nc2c1CSC2. The van der Waals surface area contributed by atoms with Crippen molar-refractivity contribution in [2.24, 2.45) is 5.84 Å². The van der Waals surface area contributed by atoms with Gasteiger partial charge in [-0.1, -0.05) is 0 Å². The second-order valence-electron chi connectivity index (χ2n) is 4.11. The number of aromatic nitrogens is 2. The van der Waals surface area contributed by atoms with Gasteiger partial charge in [0.15, 0.2) is 5.82 Å².